The number of aryl methyl sites for hydroxylation is 1. The highest BCUT2D eigenvalue weighted by molar-refractivity contribution is 5.89. The standard InChI is InChI=1S/C17H25N3O2/c1-14-4-6-15(7-5-14)18-17(21)20-10-8-19(9-11-20)13-16-3-2-12-22-16/h4-7,16H,2-3,8-13H2,1H3,(H,18,21)/p+1/t16-/m1/s1. The van der Waals surface area contributed by atoms with Crippen molar-refractivity contribution in [1.82, 2.24) is 4.90 Å². The molecule has 5 heteroatoms. The van der Waals surface area contributed by atoms with Crippen LogP contribution in [0.3, 0.4) is 0 Å². The number of hydrogen-bond donors (Lipinski definition) is 2. The van der Waals surface area contributed by atoms with Crippen molar-refractivity contribution < 1.29 is 14.4 Å². The van der Waals surface area contributed by atoms with Crippen LogP contribution < -0.4 is 10.2 Å². The molecule has 2 aliphatic heterocycles. The second kappa shape index (κ2) is 7.11. The summed E-state index contributed by atoms with van der Waals surface area (Å²) in [6, 6.07) is 7.94. The smallest absolute Gasteiger partial charge is 0.322 e. The topological polar surface area (TPSA) is 46.0 Å². The zero-order valence-electron chi connectivity index (χ0n) is 13.3. The van der Waals surface area contributed by atoms with Crippen molar-refractivity contribution in [2.45, 2.75) is 25.9 Å². The third kappa shape index (κ3) is 3.99. The van der Waals surface area contributed by atoms with Crippen LogP contribution in [0.2, 0.25) is 0 Å². The number of hydrogen-bond acceptors (Lipinski definition) is 2. The molecule has 0 aliphatic carbocycles. The summed E-state index contributed by atoms with van der Waals surface area (Å²) < 4.78 is 5.70. The Balaban J connectivity index is 1.44. The molecule has 0 unspecified atom stereocenters. The molecule has 120 valence electrons. The van der Waals surface area contributed by atoms with Gasteiger partial charge in [-0.05, 0) is 31.9 Å². The number of anilines is 1. The number of benzene rings is 1. The Morgan fingerprint density at radius 1 is 1.32 bits per heavy atom. The van der Waals surface area contributed by atoms with Gasteiger partial charge in [-0.25, -0.2) is 4.79 Å². The maximum Gasteiger partial charge on any atom is 0.322 e. The highest BCUT2D eigenvalue weighted by Crippen LogP contribution is 2.11. The van der Waals surface area contributed by atoms with Crippen LogP contribution in [0.4, 0.5) is 10.5 Å². The van der Waals surface area contributed by atoms with Crippen LogP contribution in [-0.2, 0) is 4.74 Å². The highest BCUT2D eigenvalue weighted by atomic mass is 16.5. The molecule has 5 nitrogen and oxygen atoms in total. The fourth-order valence-corrected chi connectivity index (χ4v) is 3.20. The van der Waals surface area contributed by atoms with Crippen molar-refractivity contribution in [1.29, 1.82) is 0 Å². The quantitative estimate of drug-likeness (QED) is 0.872. The number of ether oxygens (including phenoxy) is 1. The van der Waals surface area contributed by atoms with E-state index in [9.17, 15) is 4.79 Å². The number of rotatable bonds is 3. The number of amides is 2. The number of urea groups is 1. The Bertz CT molecular complexity index is 489. The predicted octanol–water partition coefficient (Wildman–Crippen LogP) is 0.906. The minimum atomic E-state index is 0.0139. The van der Waals surface area contributed by atoms with Crippen molar-refractivity contribution in [3.63, 3.8) is 0 Å². The lowest BCUT2D eigenvalue weighted by Crippen LogP contribution is -3.15. The van der Waals surface area contributed by atoms with E-state index in [-0.39, 0.29) is 6.03 Å². The molecule has 1 aromatic carbocycles. The summed E-state index contributed by atoms with van der Waals surface area (Å²) in [4.78, 5) is 15.8. The van der Waals surface area contributed by atoms with Crippen LogP contribution in [0.1, 0.15) is 18.4 Å². The number of nitrogens with one attached hydrogen (secondary N) is 2. The van der Waals surface area contributed by atoms with Gasteiger partial charge in [0, 0.05) is 12.3 Å². The molecule has 1 atom stereocenters. The van der Waals surface area contributed by atoms with E-state index in [1.54, 1.807) is 4.90 Å². The Labute approximate surface area is 132 Å². The first-order chi connectivity index (χ1) is 10.7. The van der Waals surface area contributed by atoms with E-state index >= 15 is 0 Å². The van der Waals surface area contributed by atoms with Gasteiger partial charge in [-0.1, -0.05) is 17.7 Å². The Morgan fingerprint density at radius 2 is 2.05 bits per heavy atom. The molecule has 0 spiro atoms. The molecule has 2 fully saturated rings. The summed E-state index contributed by atoms with van der Waals surface area (Å²) in [6.07, 6.45) is 2.83. The lowest BCUT2D eigenvalue weighted by molar-refractivity contribution is -0.906. The fourth-order valence-electron chi connectivity index (χ4n) is 3.20. The summed E-state index contributed by atoms with van der Waals surface area (Å²) in [5.74, 6) is 0. The zero-order valence-corrected chi connectivity index (χ0v) is 13.3. The molecule has 1 aromatic rings. The SMILES string of the molecule is Cc1ccc(NC(=O)N2CC[NH+](C[C@H]3CCCO3)CC2)cc1. The lowest BCUT2D eigenvalue weighted by atomic mass is 10.2. The lowest BCUT2D eigenvalue weighted by Gasteiger charge is -2.33. The van der Waals surface area contributed by atoms with Crippen molar-refractivity contribution in [3.05, 3.63) is 29.8 Å². The monoisotopic (exact) mass is 304 g/mol. The van der Waals surface area contributed by atoms with Crippen LogP contribution in [-0.4, -0.2) is 56.4 Å². The van der Waals surface area contributed by atoms with E-state index in [1.807, 2.05) is 36.1 Å². The normalized spacial score (nSPS) is 22.8. The van der Waals surface area contributed by atoms with E-state index in [4.69, 9.17) is 4.74 Å². The Kier molecular flexibility index (Phi) is 4.95. The maximum atomic E-state index is 12.3. The van der Waals surface area contributed by atoms with Gasteiger partial charge >= 0.3 is 6.03 Å². The molecule has 2 saturated heterocycles. The van der Waals surface area contributed by atoms with Gasteiger partial charge in [-0.3, -0.25) is 0 Å². The summed E-state index contributed by atoms with van der Waals surface area (Å²) in [6.45, 7) is 7.72. The van der Waals surface area contributed by atoms with Gasteiger partial charge in [0.2, 0.25) is 0 Å². The first-order valence-corrected chi connectivity index (χ1v) is 8.28. The molecule has 22 heavy (non-hydrogen) atoms. The van der Waals surface area contributed by atoms with Gasteiger partial charge in [0.1, 0.15) is 12.6 Å². The summed E-state index contributed by atoms with van der Waals surface area (Å²) in [5.41, 5.74) is 2.06. The van der Waals surface area contributed by atoms with Gasteiger partial charge in [0.15, 0.2) is 0 Å². The molecule has 3 rings (SSSR count). The van der Waals surface area contributed by atoms with Gasteiger partial charge in [-0.15, -0.1) is 0 Å². The van der Waals surface area contributed by atoms with Crippen LogP contribution >= 0.6 is 0 Å². The van der Waals surface area contributed by atoms with Crippen molar-refractivity contribution in [3.8, 4) is 0 Å². The molecule has 2 N–H and O–H groups in total. The molecular formula is C17H26N3O2+. The second-order valence-electron chi connectivity index (χ2n) is 6.37. The van der Waals surface area contributed by atoms with Crippen molar-refractivity contribution >= 4 is 11.7 Å². The highest BCUT2D eigenvalue weighted by Gasteiger charge is 2.27. The molecule has 0 saturated carbocycles. The van der Waals surface area contributed by atoms with E-state index < -0.39 is 0 Å². The van der Waals surface area contributed by atoms with E-state index in [1.165, 1.54) is 18.4 Å². The summed E-state index contributed by atoms with van der Waals surface area (Å²) in [7, 11) is 0. The third-order valence-electron chi connectivity index (χ3n) is 4.60. The minimum Gasteiger partial charge on any atom is -0.372 e. The molecule has 0 aromatic heterocycles. The molecule has 2 aliphatic rings. The van der Waals surface area contributed by atoms with E-state index in [0.717, 1.165) is 45.0 Å². The largest absolute Gasteiger partial charge is 0.372 e. The number of carbonyl (C=O) groups excluding carboxylic acids is 1. The second-order valence-corrected chi connectivity index (χ2v) is 6.37. The zero-order chi connectivity index (χ0) is 15.4. The average molecular weight is 304 g/mol. The van der Waals surface area contributed by atoms with Crippen molar-refractivity contribution in [2.75, 3.05) is 44.6 Å². The number of quaternary nitrogens is 1. The van der Waals surface area contributed by atoms with E-state index in [2.05, 4.69) is 5.32 Å². The van der Waals surface area contributed by atoms with Crippen LogP contribution in [0, 0.1) is 6.92 Å². The summed E-state index contributed by atoms with van der Waals surface area (Å²) in [5, 5.41) is 2.98. The van der Waals surface area contributed by atoms with Crippen LogP contribution in [0.15, 0.2) is 24.3 Å². The first kappa shape index (κ1) is 15.3. The number of nitrogens with zero attached hydrogens (tertiary/aromatic N) is 1. The third-order valence-corrected chi connectivity index (χ3v) is 4.60. The number of piperazine rings is 1. The first-order valence-electron chi connectivity index (χ1n) is 8.28. The summed E-state index contributed by atoms with van der Waals surface area (Å²) >= 11 is 0. The van der Waals surface area contributed by atoms with Gasteiger partial charge in [0.25, 0.3) is 0 Å². The van der Waals surface area contributed by atoms with Crippen LogP contribution in [0.5, 0.6) is 0 Å². The van der Waals surface area contributed by atoms with Crippen molar-refractivity contribution in [2.24, 2.45) is 0 Å². The molecule has 2 amide bonds. The van der Waals surface area contributed by atoms with Gasteiger partial charge in [0.05, 0.1) is 26.2 Å². The number of carbonyl (C=O) groups is 1. The molecule has 0 bridgehead atoms. The Morgan fingerprint density at radius 3 is 2.68 bits per heavy atom. The fraction of sp³-hybridized carbons (Fsp3) is 0.588. The van der Waals surface area contributed by atoms with Gasteiger partial charge in [-0.2, -0.15) is 0 Å². The molecule has 0 radical (unpaired) electrons. The minimum absolute atomic E-state index is 0.0139. The van der Waals surface area contributed by atoms with E-state index in [0.29, 0.717) is 6.10 Å². The maximum absolute atomic E-state index is 12.3. The van der Waals surface area contributed by atoms with Crippen LogP contribution in [0.25, 0.3) is 0 Å². The van der Waals surface area contributed by atoms with Gasteiger partial charge < -0.3 is 19.9 Å². The molecule has 2 heterocycles. The average Bonchev–Trinajstić information content (AvgIpc) is 3.03. The Hall–Kier alpha value is -1.59. The molecular weight excluding hydrogens is 278 g/mol. The predicted molar refractivity (Wildman–Crippen MR) is 86.3 cm³/mol.